The van der Waals surface area contributed by atoms with Crippen LogP contribution in [0.15, 0.2) is 84.9 Å². The van der Waals surface area contributed by atoms with E-state index in [1.807, 2.05) is 68.4 Å². The van der Waals surface area contributed by atoms with Gasteiger partial charge in [-0.05, 0) is 63.3 Å². The normalized spacial score (nSPS) is 18.2. The molecule has 0 saturated heterocycles. The maximum Gasteiger partial charge on any atom is 0.134 e. The highest BCUT2D eigenvalue weighted by atomic mass is 16.6. The van der Waals surface area contributed by atoms with Crippen LogP contribution >= 0.6 is 0 Å². The van der Waals surface area contributed by atoms with E-state index in [0.717, 1.165) is 41.7 Å². The molecule has 180 valence electrons. The number of ether oxygens (including phenoxy) is 3. The lowest BCUT2D eigenvalue weighted by Crippen LogP contribution is -2.47. The topological polar surface area (TPSA) is 51.5 Å². The Morgan fingerprint density at radius 1 is 1.00 bits per heavy atom. The quantitative estimate of drug-likeness (QED) is 0.314. The predicted octanol–water partition coefficient (Wildman–Crippen LogP) is 7.14. The highest BCUT2D eigenvalue weighted by molar-refractivity contribution is 5.78. The first-order chi connectivity index (χ1) is 17.0. The van der Waals surface area contributed by atoms with Crippen molar-refractivity contribution in [3.63, 3.8) is 0 Å². The van der Waals surface area contributed by atoms with Crippen molar-refractivity contribution < 1.29 is 14.2 Å². The summed E-state index contributed by atoms with van der Waals surface area (Å²) >= 11 is 0. The van der Waals surface area contributed by atoms with Crippen LogP contribution in [0.3, 0.4) is 0 Å². The van der Waals surface area contributed by atoms with Crippen LogP contribution in [0.5, 0.6) is 11.5 Å². The molecule has 35 heavy (non-hydrogen) atoms. The summed E-state index contributed by atoms with van der Waals surface area (Å²) in [7, 11) is 0. The van der Waals surface area contributed by atoms with Crippen LogP contribution in [-0.4, -0.2) is 17.8 Å². The predicted molar refractivity (Wildman–Crippen MR) is 139 cm³/mol. The molecular weight excluding hydrogens is 434 g/mol. The van der Waals surface area contributed by atoms with E-state index >= 15 is 0 Å². The van der Waals surface area contributed by atoms with Crippen molar-refractivity contribution in [2.45, 2.75) is 64.4 Å². The molecule has 0 fully saturated rings. The minimum Gasteiger partial charge on any atom is -0.491 e. The van der Waals surface area contributed by atoms with E-state index < -0.39 is 5.60 Å². The first-order valence-electron chi connectivity index (χ1n) is 12.3. The van der Waals surface area contributed by atoms with Crippen molar-refractivity contribution in [3.8, 4) is 17.6 Å². The third-order valence-corrected chi connectivity index (χ3v) is 6.29. The molecule has 0 amide bonds. The van der Waals surface area contributed by atoms with Gasteiger partial charge >= 0.3 is 0 Å². The molecule has 0 spiro atoms. The minimum absolute atomic E-state index is 0.0874. The number of hydrogen-bond donors (Lipinski definition) is 0. The van der Waals surface area contributed by atoms with Gasteiger partial charge < -0.3 is 14.2 Å². The Balaban J connectivity index is 1.45. The second kappa shape index (κ2) is 11.3. The lowest BCUT2D eigenvalue weighted by atomic mass is 9.85. The number of nitrogens with zero attached hydrogens (tertiary/aromatic N) is 1. The lowest BCUT2D eigenvalue weighted by Gasteiger charge is -2.41. The van der Waals surface area contributed by atoms with Crippen LogP contribution in [0.2, 0.25) is 0 Å². The van der Waals surface area contributed by atoms with Crippen molar-refractivity contribution in [3.05, 3.63) is 102 Å². The maximum atomic E-state index is 9.51. The Hall–Kier alpha value is -3.55. The Kier molecular flexibility index (Phi) is 7.90. The second-order valence-electron chi connectivity index (χ2n) is 9.58. The summed E-state index contributed by atoms with van der Waals surface area (Å²) in [6.07, 6.45) is 4.36. The van der Waals surface area contributed by atoms with Gasteiger partial charge in [0.05, 0.1) is 18.8 Å². The largest absolute Gasteiger partial charge is 0.491 e. The monoisotopic (exact) mass is 467 g/mol. The third kappa shape index (κ3) is 6.32. The molecule has 0 radical (unpaired) electrons. The van der Waals surface area contributed by atoms with Crippen LogP contribution in [0, 0.1) is 11.3 Å². The zero-order chi connectivity index (χ0) is 24.7. The van der Waals surface area contributed by atoms with Gasteiger partial charge in [-0.15, -0.1) is 0 Å². The summed E-state index contributed by atoms with van der Waals surface area (Å²) in [5, 5.41) is 9.51. The molecule has 2 unspecified atom stereocenters. The molecule has 1 heterocycles. The van der Waals surface area contributed by atoms with Crippen molar-refractivity contribution in [2.75, 3.05) is 0 Å². The van der Waals surface area contributed by atoms with Crippen molar-refractivity contribution in [2.24, 2.45) is 0 Å². The van der Waals surface area contributed by atoms with Crippen LogP contribution in [0.25, 0.3) is 5.57 Å². The fraction of sp³-hybridized carbons (Fsp3) is 0.323. The number of aryl methyl sites for hydroxylation is 1. The average Bonchev–Trinajstić information content (AvgIpc) is 2.84. The van der Waals surface area contributed by atoms with E-state index in [4.69, 9.17) is 14.2 Å². The van der Waals surface area contributed by atoms with Gasteiger partial charge in [-0.25, -0.2) is 0 Å². The number of hydrogen-bond acceptors (Lipinski definition) is 4. The van der Waals surface area contributed by atoms with E-state index in [0.29, 0.717) is 12.4 Å². The van der Waals surface area contributed by atoms with E-state index in [1.165, 1.54) is 5.56 Å². The molecule has 0 saturated carbocycles. The molecule has 0 aromatic heterocycles. The molecule has 0 bridgehead atoms. The molecule has 4 nitrogen and oxygen atoms in total. The fourth-order valence-corrected chi connectivity index (χ4v) is 4.55. The summed E-state index contributed by atoms with van der Waals surface area (Å²) in [5.41, 5.74) is 3.48. The summed E-state index contributed by atoms with van der Waals surface area (Å²) in [6.45, 7) is 6.54. The summed E-state index contributed by atoms with van der Waals surface area (Å²) < 4.78 is 18.9. The van der Waals surface area contributed by atoms with Crippen molar-refractivity contribution in [1.82, 2.24) is 0 Å². The molecule has 3 aromatic rings. The van der Waals surface area contributed by atoms with E-state index in [-0.39, 0.29) is 12.2 Å². The number of benzene rings is 3. The Labute approximate surface area is 208 Å². The number of nitriles is 1. The van der Waals surface area contributed by atoms with Crippen molar-refractivity contribution >= 4 is 5.57 Å². The van der Waals surface area contributed by atoms with Crippen LogP contribution < -0.4 is 9.47 Å². The van der Waals surface area contributed by atoms with Crippen molar-refractivity contribution in [1.29, 1.82) is 5.26 Å². The van der Waals surface area contributed by atoms with Gasteiger partial charge in [-0.1, -0.05) is 60.7 Å². The van der Waals surface area contributed by atoms with Crippen LogP contribution in [-0.2, 0) is 17.8 Å². The van der Waals surface area contributed by atoms with Crippen LogP contribution in [0.1, 0.15) is 50.3 Å². The zero-order valence-corrected chi connectivity index (χ0v) is 20.7. The second-order valence-corrected chi connectivity index (χ2v) is 9.58. The zero-order valence-electron chi connectivity index (χ0n) is 20.7. The summed E-state index contributed by atoms with van der Waals surface area (Å²) in [5.74, 6) is 1.48. The van der Waals surface area contributed by atoms with E-state index in [9.17, 15) is 5.26 Å². The molecule has 1 aliphatic rings. The standard InChI is InChI=1S/C31H33NO3/c1-23(11-10-16-24-12-6-4-7-13-24)34-26-17-18-27-28(19-20-32)30(31(2,3)35-29(27)21-26)33-22-25-14-8-5-9-15-25/h4-9,12-15,17-19,21,23,30H,10-11,16,22H2,1-3H3. The molecule has 1 aliphatic heterocycles. The number of fused-ring (bicyclic) bond motifs is 1. The van der Waals surface area contributed by atoms with Gasteiger partial charge in [-0.3, -0.25) is 0 Å². The molecule has 4 rings (SSSR count). The Bertz CT molecular complexity index is 1180. The highest BCUT2D eigenvalue weighted by Gasteiger charge is 2.41. The average molecular weight is 468 g/mol. The molecule has 3 aromatic carbocycles. The highest BCUT2D eigenvalue weighted by Crippen LogP contribution is 2.44. The van der Waals surface area contributed by atoms with E-state index in [2.05, 4.69) is 37.3 Å². The first kappa shape index (κ1) is 24.6. The van der Waals surface area contributed by atoms with Gasteiger partial charge in [0.2, 0.25) is 0 Å². The molecular formula is C31H33NO3. The number of allylic oxidation sites excluding steroid dienone is 1. The van der Waals surface area contributed by atoms with Gasteiger partial charge in [0.25, 0.3) is 0 Å². The van der Waals surface area contributed by atoms with Gasteiger partial charge in [0.1, 0.15) is 23.2 Å². The van der Waals surface area contributed by atoms with Gasteiger partial charge in [0.15, 0.2) is 0 Å². The first-order valence-corrected chi connectivity index (χ1v) is 12.3. The SMILES string of the molecule is CC(CCCc1ccccc1)Oc1ccc2c(c1)OC(C)(C)C(OCc1ccccc1)C2=CC#N. The number of rotatable bonds is 9. The third-order valence-electron chi connectivity index (χ3n) is 6.29. The maximum absolute atomic E-state index is 9.51. The van der Waals surface area contributed by atoms with Gasteiger partial charge in [0, 0.05) is 23.3 Å². The molecule has 0 aliphatic carbocycles. The van der Waals surface area contributed by atoms with Crippen LogP contribution in [0.4, 0.5) is 0 Å². The Morgan fingerprint density at radius 2 is 1.69 bits per heavy atom. The Morgan fingerprint density at radius 3 is 2.37 bits per heavy atom. The van der Waals surface area contributed by atoms with Gasteiger partial charge in [-0.2, -0.15) is 5.26 Å². The van der Waals surface area contributed by atoms with E-state index in [1.54, 1.807) is 6.08 Å². The molecule has 2 atom stereocenters. The minimum atomic E-state index is -0.648. The summed E-state index contributed by atoms with van der Waals surface area (Å²) in [4.78, 5) is 0. The summed E-state index contributed by atoms with van der Waals surface area (Å²) in [6, 6.07) is 28.6. The molecule has 0 N–H and O–H groups in total. The smallest absolute Gasteiger partial charge is 0.134 e. The molecule has 4 heteroatoms. The fourth-order valence-electron chi connectivity index (χ4n) is 4.55. The lowest BCUT2D eigenvalue weighted by molar-refractivity contribution is -0.0556.